The van der Waals surface area contributed by atoms with E-state index in [1.54, 1.807) is 7.11 Å². The van der Waals surface area contributed by atoms with E-state index >= 15 is 0 Å². The Bertz CT molecular complexity index is 1270. The molecule has 0 amide bonds. The summed E-state index contributed by atoms with van der Waals surface area (Å²) >= 11 is 0. The van der Waals surface area contributed by atoms with Crippen molar-refractivity contribution in [2.75, 3.05) is 25.1 Å². The van der Waals surface area contributed by atoms with Gasteiger partial charge in [-0.15, -0.1) is 0 Å². The van der Waals surface area contributed by atoms with Crippen LogP contribution in [0.4, 0.5) is 5.69 Å². The first-order valence-corrected chi connectivity index (χ1v) is 13.6. The van der Waals surface area contributed by atoms with E-state index in [4.69, 9.17) is 9.26 Å². The predicted molar refractivity (Wildman–Crippen MR) is 139 cm³/mol. The van der Waals surface area contributed by atoms with Gasteiger partial charge in [0.2, 0.25) is 0 Å². The summed E-state index contributed by atoms with van der Waals surface area (Å²) in [5, 5.41) is 5.78. The van der Waals surface area contributed by atoms with Crippen molar-refractivity contribution in [1.82, 2.24) is 10.1 Å². The molecule has 182 valence electrons. The lowest BCUT2D eigenvalue weighted by Crippen LogP contribution is -2.42. The number of piperidine rings is 1. The van der Waals surface area contributed by atoms with Crippen LogP contribution in [0.3, 0.4) is 0 Å². The van der Waals surface area contributed by atoms with Crippen molar-refractivity contribution in [3.05, 3.63) is 53.6 Å². The van der Waals surface area contributed by atoms with Crippen molar-refractivity contribution < 1.29 is 9.26 Å². The Morgan fingerprint density at radius 1 is 1.00 bits per heavy atom. The van der Waals surface area contributed by atoms with Gasteiger partial charge >= 0.3 is 0 Å². The van der Waals surface area contributed by atoms with Gasteiger partial charge in [-0.3, -0.25) is 4.98 Å². The molecule has 1 aliphatic heterocycles. The Morgan fingerprint density at radius 2 is 1.80 bits per heavy atom. The van der Waals surface area contributed by atoms with Gasteiger partial charge < -0.3 is 14.2 Å². The number of allylic oxidation sites excluding steroid dienone is 2. The number of methoxy groups -OCH3 is 1. The van der Waals surface area contributed by atoms with Crippen LogP contribution in [0.2, 0.25) is 0 Å². The third-order valence-electron chi connectivity index (χ3n) is 9.06. The second kappa shape index (κ2) is 8.39. The van der Waals surface area contributed by atoms with E-state index in [0.29, 0.717) is 17.3 Å². The SMILES string of the molecule is COc1ccnc2ccc(N3CCC4(C=C(c5c(C6CCCCC6)noc5C5CC5)C4)CC3)cc12. The summed E-state index contributed by atoms with van der Waals surface area (Å²) in [4.78, 5) is 7.03. The Morgan fingerprint density at radius 3 is 2.54 bits per heavy atom. The van der Waals surface area contributed by atoms with Crippen LogP contribution in [-0.2, 0) is 0 Å². The van der Waals surface area contributed by atoms with Gasteiger partial charge in [0, 0.05) is 47.8 Å². The standard InChI is InChI=1S/C30H35N3O2/c1-34-26-11-14-31-25-10-9-23(17-24(25)26)33-15-12-30(13-16-33)18-22(19-30)27-28(20-5-3-2-4-6-20)32-35-29(27)21-7-8-21/h9-11,14,17-18,20-21H,2-8,12-13,15-16,19H2,1H3. The fourth-order valence-electron chi connectivity index (χ4n) is 6.81. The zero-order valence-electron chi connectivity index (χ0n) is 20.8. The number of ether oxygens (including phenoxy) is 1. The molecule has 4 aliphatic rings. The number of aromatic nitrogens is 2. The lowest BCUT2D eigenvalue weighted by molar-refractivity contribution is 0.277. The summed E-state index contributed by atoms with van der Waals surface area (Å²) in [6.45, 7) is 2.18. The normalized spacial score (nSPS) is 22.3. The van der Waals surface area contributed by atoms with Crippen molar-refractivity contribution in [2.45, 2.75) is 76.0 Å². The van der Waals surface area contributed by atoms with Gasteiger partial charge in [0.25, 0.3) is 0 Å². The molecule has 0 N–H and O–H groups in total. The fourth-order valence-corrected chi connectivity index (χ4v) is 6.81. The molecule has 2 saturated carbocycles. The maximum absolute atomic E-state index is 6.02. The fraction of sp³-hybridized carbons (Fsp3) is 0.533. The molecular weight excluding hydrogens is 434 g/mol. The zero-order chi connectivity index (χ0) is 23.4. The van der Waals surface area contributed by atoms with Gasteiger partial charge in [0.05, 0.1) is 18.3 Å². The van der Waals surface area contributed by atoms with E-state index in [0.717, 1.165) is 29.7 Å². The van der Waals surface area contributed by atoms with E-state index < -0.39 is 0 Å². The second-order valence-corrected chi connectivity index (χ2v) is 11.3. The summed E-state index contributed by atoms with van der Waals surface area (Å²) in [5.74, 6) is 3.33. The third kappa shape index (κ3) is 3.75. The lowest BCUT2D eigenvalue weighted by Gasteiger charge is -2.47. The molecule has 7 rings (SSSR count). The molecule has 3 aliphatic carbocycles. The maximum Gasteiger partial charge on any atom is 0.147 e. The van der Waals surface area contributed by atoms with Crippen molar-refractivity contribution in [2.24, 2.45) is 5.41 Å². The van der Waals surface area contributed by atoms with E-state index in [2.05, 4.69) is 39.3 Å². The lowest BCUT2D eigenvalue weighted by atomic mass is 9.63. The molecule has 5 nitrogen and oxygen atoms in total. The van der Waals surface area contributed by atoms with Gasteiger partial charge in [0.1, 0.15) is 11.5 Å². The highest BCUT2D eigenvalue weighted by Crippen LogP contribution is 2.56. The first-order valence-electron chi connectivity index (χ1n) is 13.6. The molecular formula is C30H35N3O2. The predicted octanol–water partition coefficient (Wildman–Crippen LogP) is 7.23. The Balaban J connectivity index is 1.10. The summed E-state index contributed by atoms with van der Waals surface area (Å²) in [6.07, 6.45) is 17.2. The number of benzene rings is 1. The van der Waals surface area contributed by atoms with Crippen LogP contribution in [0, 0.1) is 5.41 Å². The molecule has 1 saturated heterocycles. The molecule has 0 atom stereocenters. The first-order chi connectivity index (χ1) is 17.2. The molecule has 0 bridgehead atoms. The highest BCUT2D eigenvalue weighted by atomic mass is 16.5. The maximum atomic E-state index is 6.02. The highest BCUT2D eigenvalue weighted by Gasteiger charge is 2.44. The largest absolute Gasteiger partial charge is 0.496 e. The first kappa shape index (κ1) is 21.5. The minimum Gasteiger partial charge on any atom is -0.496 e. The van der Waals surface area contributed by atoms with Crippen LogP contribution in [0.5, 0.6) is 5.75 Å². The molecule has 3 heterocycles. The zero-order valence-corrected chi connectivity index (χ0v) is 20.8. The van der Waals surface area contributed by atoms with Gasteiger partial charge in [-0.1, -0.05) is 30.5 Å². The molecule has 3 fully saturated rings. The summed E-state index contributed by atoms with van der Waals surface area (Å²) < 4.78 is 11.6. The van der Waals surface area contributed by atoms with Crippen molar-refractivity contribution in [3.63, 3.8) is 0 Å². The van der Waals surface area contributed by atoms with E-state index in [9.17, 15) is 0 Å². The Kier molecular flexibility index (Phi) is 5.14. The van der Waals surface area contributed by atoms with E-state index in [-0.39, 0.29) is 0 Å². The number of fused-ring (bicyclic) bond motifs is 1. The molecule has 5 heteroatoms. The van der Waals surface area contributed by atoms with Crippen LogP contribution in [-0.4, -0.2) is 30.3 Å². The molecule has 1 aromatic carbocycles. The van der Waals surface area contributed by atoms with E-state index in [1.165, 1.54) is 92.5 Å². The summed E-state index contributed by atoms with van der Waals surface area (Å²) in [5.41, 5.74) is 6.87. The molecule has 1 spiro atoms. The van der Waals surface area contributed by atoms with Crippen LogP contribution in [0.1, 0.15) is 93.1 Å². The number of nitrogens with zero attached hydrogens (tertiary/aromatic N) is 3. The second-order valence-electron chi connectivity index (χ2n) is 11.3. The third-order valence-corrected chi connectivity index (χ3v) is 9.06. The molecule has 0 unspecified atom stereocenters. The summed E-state index contributed by atoms with van der Waals surface area (Å²) in [7, 11) is 1.73. The number of anilines is 1. The van der Waals surface area contributed by atoms with Crippen molar-refractivity contribution >= 4 is 22.2 Å². The van der Waals surface area contributed by atoms with E-state index in [1.807, 2.05) is 12.3 Å². The highest BCUT2D eigenvalue weighted by molar-refractivity contribution is 5.88. The van der Waals surface area contributed by atoms with Crippen molar-refractivity contribution in [3.8, 4) is 5.75 Å². The molecule has 35 heavy (non-hydrogen) atoms. The number of hydrogen-bond donors (Lipinski definition) is 0. The number of hydrogen-bond acceptors (Lipinski definition) is 5. The monoisotopic (exact) mass is 469 g/mol. The molecule has 2 aromatic heterocycles. The number of rotatable bonds is 5. The summed E-state index contributed by atoms with van der Waals surface area (Å²) in [6, 6.07) is 8.53. The van der Waals surface area contributed by atoms with Gasteiger partial charge in [-0.25, -0.2) is 0 Å². The topological polar surface area (TPSA) is 51.4 Å². The van der Waals surface area contributed by atoms with Gasteiger partial charge in [-0.05, 0) is 80.2 Å². The average Bonchev–Trinajstić information content (AvgIpc) is 3.65. The van der Waals surface area contributed by atoms with Crippen LogP contribution in [0.25, 0.3) is 16.5 Å². The van der Waals surface area contributed by atoms with Crippen LogP contribution < -0.4 is 9.64 Å². The number of pyridine rings is 1. The minimum atomic E-state index is 0.351. The van der Waals surface area contributed by atoms with Crippen LogP contribution in [0.15, 0.2) is 41.1 Å². The Labute approximate surface area is 207 Å². The molecule has 0 radical (unpaired) electrons. The average molecular weight is 470 g/mol. The smallest absolute Gasteiger partial charge is 0.147 e. The van der Waals surface area contributed by atoms with Gasteiger partial charge in [-0.2, -0.15) is 0 Å². The molecule has 3 aromatic rings. The Hall–Kier alpha value is -2.82. The quantitative estimate of drug-likeness (QED) is 0.394. The van der Waals surface area contributed by atoms with Crippen molar-refractivity contribution in [1.29, 1.82) is 0 Å². The van der Waals surface area contributed by atoms with Crippen LogP contribution >= 0.6 is 0 Å². The minimum absolute atomic E-state index is 0.351. The van der Waals surface area contributed by atoms with Gasteiger partial charge in [0.15, 0.2) is 0 Å².